The Labute approximate surface area is 163 Å². The van der Waals surface area contributed by atoms with Crippen LogP contribution in [0.3, 0.4) is 0 Å². The van der Waals surface area contributed by atoms with E-state index in [2.05, 4.69) is 25.9 Å². The average molecular weight is 433 g/mol. The van der Waals surface area contributed by atoms with Crippen molar-refractivity contribution in [3.63, 3.8) is 0 Å². The van der Waals surface area contributed by atoms with Crippen LogP contribution in [0.15, 0.2) is 28.7 Å². The maximum absolute atomic E-state index is 14.3. The van der Waals surface area contributed by atoms with Gasteiger partial charge in [-0.3, -0.25) is 4.79 Å². The lowest BCUT2D eigenvalue weighted by atomic mass is 10.1. The number of nitrogens with zero attached hydrogens (tertiary/aromatic N) is 2. The van der Waals surface area contributed by atoms with E-state index in [1.54, 1.807) is 32.2 Å². The Balaban J connectivity index is 1.68. The summed E-state index contributed by atoms with van der Waals surface area (Å²) in [6.45, 7) is 2.64. The Morgan fingerprint density at radius 3 is 2.85 bits per heavy atom. The molecule has 3 heterocycles. The number of benzene rings is 1. The van der Waals surface area contributed by atoms with Crippen LogP contribution in [0, 0.1) is 5.82 Å². The van der Waals surface area contributed by atoms with Gasteiger partial charge in [-0.25, -0.2) is 9.37 Å². The summed E-state index contributed by atoms with van der Waals surface area (Å²) in [5.74, 6) is -0.196. The number of hydrogen-bond donors (Lipinski definition) is 2. The van der Waals surface area contributed by atoms with Crippen LogP contribution >= 0.6 is 15.9 Å². The zero-order chi connectivity index (χ0) is 19.3. The second-order valence-electron chi connectivity index (χ2n) is 6.65. The minimum atomic E-state index is -0.441. The molecule has 2 aromatic heterocycles. The number of anilines is 1. The van der Waals surface area contributed by atoms with E-state index in [1.165, 1.54) is 11.0 Å². The molecule has 0 unspecified atom stereocenters. The molecule has 0 radical (unpaired) electrons. The van der Waals surface area contributed by atoms with Crippen molar-refractivity contribution in [1.82, 2.24) is 14.9 Å². The number of ether oxygens (including phenoxy) is 1. The molecule has 1 atom stereocenters. The molecule has 0 fully saturated rings. The van der Waals surface area contributed by atoms with Crippen LogP contribution in [-0.4, -0.2) is 27.8 Å². The highest BCUT2D eigenvalue weighted by Gasteiger charge is 2.25. The quantitative estimate of drug-likeness (QED) is 0.656. The van der Waals surface area contributed by atoms with Gasteiger partial charge in [0.25, 0.3) is 5.91 Å². The number of amides is 1. The molecule has 0 saturated carbocycles. The first kappa shape index (κ1) is 17.9. The maximum Gasteiger partial charge on any atom is 0.270 e. The molecular formula is C19H18BrFN4O2. The Morgan fingerprint density at radius 2 is 2.11 bits per heavy atom. The number of carbonyl (C=O) groups is 1. The highest BCUT2D eigenvalue weighted by atomic mass is 79.9. The fourth-order valence-corrected chi connectivity index (χ4v) is 3.70. The van der Waals surface area contributed by atoms with Crippen molar-refractivity contribution in [1.29, 1.82) is 0 Å². The van der Waals surface area contributed by atoms with Crippen molar-refractivity contribution in [2.45, 2.75) is 26.2 Å². The van der Waals surface area contributed by atoms with Crippen LogP contribution in [0.25, 0.3) is 11.0 Å². The van der Waals surface area contributed by atoms with E-state index >= 15 is 0 Å². The SMILES string of the molecule is C[C@@H](c1ccc(Br)cc1F)N(C)C(=O)c1cc2nc(N)c3c(c2[nH]1)COC3. The number of halogens is 2. The van der Waals surface area contributed by atoms with Crippen LogP contribution in [0.2, 0.25) is 0 Å². The number of pyridine rings is 1. The van der Waals surface area contributed by atoms with E-state index in [0.717, 1.165) is 16.6 Å². The van der Waals surface area contributed by atoms with Crippen molar-refractivity contribution in [2.24, 2.45) is 0 Å². The summed E-state index contributed by atoms with van der Waals surface area (Å²) in [4.78, 5) is 22.0. The largest absolute Gasteiger partial charge is 0.383 e. The molecular weight excluding hydrogens is 415 g/mol. The van der Waals surface area contributed by atoms with Crippen LogP contribution in [-0.2, 0) is 18.0 Å². The summed E-state index contributed by atoms with van der Waals surface area (Å²) in [6.07, 6.45) is 0. The summed E-state index contributed by atoms with van der Waals surface area (Å²) in [5, 5.41) is 0. The minimum Gasteiger partial charge on any atom is -0.383 e. The third-order valence-corrected chi connectivity index (χ3v) is 5.54. The number of carbonyl (C=O) groups excluding carboxylic acids is 1. The van der Waals surface area contributed by atoms with E-state index in [1.807, 2.05) is 0 Å². The van der Waals surface area contributed by atoms with Crippen molar-refractivity contribution < 1.29 is 13.9 Å². The molecule has 0 aliphatic carbocycles. The van der Waals surface area contributed by atoms with Gasteiger partial charge in [-0.2, -0.15) is 0 Å². The molecule has 0 saturated heterocycles. The number of nitrogen functional groups attached to an aromatic ring is 1. The van der Waals surface area contributed by atoms with E-state index in [-0.39, 0.29) is 11.7 Å². The molecule has 6 nitrogen and oxygen atoms in total. The van der Waals surface area contributed by atoms with Crippen LogP contribution in [0.1, 0.15) is 40.1 Å². The molecule has 1 amide bonds. The second kappa shape index (κ2) is 6.61. The third kappa shape index (κ3) is 2.98. The summed E-state index contributed by atoms with van der Waals surface area (Å²) in [7, 11) is 1.65. The van der Waals surface area contributed by atoms with E-state index in [9.17, 15) is 9.18 Å². The van der Waals surface area contributed by atoms with E-state index < -0.39 is 6.04 Å². The van der Waals surface area contributed by atoms with Crippen LogP contribution in [0.4, 0.5) is 10.2 Å². The van der Waals surface area contributed by atoms with Gasteiger partial charge >= 0.3 is 0 Å². The monoisotopic (exact) mass is 432 g/mol. The van der Waals surface area contributed by atoms with Gasteiger partial charge in [0.1, 0.15) is 17.3 Å². The fourth-order valence-electron chi connectivity index (χ4n) is 3.37. The number of rotatable bonds is 3. The van der Waals surface area contributed by atoms with Gasteiger partial charge in [0.15, 0.2) is 0 Å². The Morgan fingerprint density at radius 1 is 1.37 bits per heavy atom. The third-order valence-electron chi connectivity index (χ3n) is 5.05. The lowest BCUT2D eigenvalue weighted by Gasteiger charge is -2.25. The van der Waals surface area contributed by atoms with Crippen molar-refractivity contribution >= 4 is 38.7 Å². The van der Waals surface area contributed by atoms with Gasteiger partial charge < -0.3 is 20.4 Å². The number of nitrogens with two attached hydrogens (primary N) is 1. The molecule has 1 aromatic carbocycles. The fraction of sp³-hybridized carbons (Fsp3) is 0.263. The minimum absolute atomic E-state index is 0.256. The predicted molar refractivity (Wildman–Crippen MR) is 104 cm³/mol. The van der Waals surface area contributed by atoms with Gasteiger partial charge in [-0.05, 0) is 25.1 Å². The number of aromatic nitrogens is 2. The zero-order valence-electron chi connectivity index (χ0n) is 14.8. The standard InChI is InChI=1S/C19H18BrFN4O2/c1-9(11-4-3-10(20)5-14(11)21)25(2)19(26)16-6-15-17(23-16)12-7-27-8-13(12)18(22)24-15/h3-6,9,23H,7-8H2,1-2H3,(H2,22,24)/t9-/m0/s1. The van der Waals surface area contributed by atoms with Gasteiger partial charge in [0.05, 0.1) is 30.3 Å². The number of nitrogens with one attached hydrogen (secondary N) is 1. The smallest absolute Gasteiger partial charge is 0.270 e. The Kier molecular flexibility index (Phi) is 4.39. The van der Waals surface area contributed by atoms with Gasteiger partial charge in [-0.15, -0.1) is 0 Å². The lowest BCUT2D eigenvalue weighted by molar-refractivity contribution is 0.0735. The average Bonchev–Trinajstić information content (AvgIpc) is 3.26. The lowest BCUT2D eigenvalue weighted by Crippen LogP contribution is -2.30. The molecule has 1 aliphatic rings. The van der Waals surface area contributed by atoms with E-state index in [4.69, 9.17) is 10.5 Å². The number of fused-ring (bicyclic) bond motifs is 3. The summed E-state index contributed by atoms with van der Waals surface area (Å²) >= 11 is 3.25. The molecule has 0 spiro atoms. The van der Waals surface area contributed by atoms with Gasteiger partial charge in [0.2, 0.25) is 0 Å². The molecule has 27 heavy (non-hydrogen) atoms. The number of hydrogen-bond acceptors (Lipinski definition) is 4. The highest BCUT2D eigenvalue weighted by molar-refractivity contribution is 9.10. The zero-order valence-corrected chi connectivity index (χ0v) is 16.4. The normalized spacial score (nSPS) is 14.4. The highest BCUT2D eigenvalue weighted by Crippen LogP contribution is 2.32. The predicted octanol–water partition coefficient (Wildman–Crippen LogP) is 3.91. The first-order chi connectivity index (χ1) is 12.9. The Hall–Kier alpha value is -2.45. The van der Waals surface area contributed by atoms with Gasteiger partial charge in [-0.1, -0.05) is 22.0 Å². The number of aromatic amines is 1. The molecule has 8 heteroatoms. The molecule has 3 aromatic rings. The molecule has 4 rings (SSSR count). The molecule has 140 valence electrons. The summed E-state index contributed by atoms with van der Waals surface area (Å²) in [6, 6.07) is 6.05. The molecule has 3 N–H and O–H groups in total. The van der Waals surface area contributed by atoms with Crippen LogP contribution in [0.5, 0.6) is 0 Å². The Bertz CT molecular complexity index is 1070. The summed E-state index contributed by atoms with van der Waals surface area (Å²) < 4.78 is 20.4. The number of H-pyrrole nitrogens is 1. The van der Waals surface area contributed by atoms with Crippen LogP contribution < -0.4 is 5.73 Å². The first-order valence-corrected chi connectivity index (χ1v) is 9.26. The van der Waals surface area contributed by atoms with Crippen molar-refractivity contribution in [3.8, 4) is 0 Å². The first-order valence-electron chi connectivity index (χ1n) is 8.46. The summed E-state index contributed by atoms with van der Waals surface area (Å²) in [5.41, 5.74) is 10.00. The molecule has 0 bridgehead atoms. The van der Waals surface area contributed by atoms with Gasteiger partial charge in [0, 0.05) is 28.2 Å². The second-order valence-corrected chi connectivity index (χ2v) is 7.56. The van der Waals surface area contributed by atoms with E-state index in [0.29, 0.717) is 40.3 Å². The van der Waals surface area contributed by atoms with Crippen molar-refractivity contribution in [2.75, 3.05) is 12.8 Å². The maximum atomic E-state index is 14.3. The molecule has 1 aliphatic heterocycles. The topological polar surface area (TPSA) is 84.2 Å². The van der Waals surface area contributed by atoms with Crippen molar-refractivity contribution in [3.05, 3.63) is 56.9 Å².